The van der Waals surface area contributed by atoms with Gasteiger partial charge in [-0.2, -0.15) is 0 Å². The number of hydrogen-bond donors (Lipinski definition) is 1. The highest BCUT2D eigenvalue weighted by Crippen LogP contribution is 2.32. The van der Waals surface area contributed by atoms with E-state index in [0.717, 1.165) is 56.7 Å². The molecule has 1 atom stereocenters. The SMILES string of the molecule is O=C1CCCC(c2ccc(F)c(F)c2)N1C(=O)NCCCN1CCC(c2ccccn2)CC1. The van der Waals surface area contributed by atoms with Crippen molar-refractivity contribution in [3.63, 3.8) is 0 Å². The highest BCUT2D eigenvalue weighted by Gasteiger charge is 2.34. The first kappa shape index (κ1) is 23.3. The van der Waals surface area contributed by atoms with Gasteiger partial charge in [0.2, 0.25) is 5.91 Å². The van der Waals surface area contributed by atoms with Crippen LogP contribution in [-0.2, 0) is 4.79 Å². The van der Waals surface area contributed by atoms with Crippen molar-refractivity contribution >= 4 is 11.9 Å². The lowest BCUT2D eigenvalue weighted by Crippen LogP contribution is -2.48. The van der Waals surface area contributed by atoms with Crippen molar-refractivity contribution in [2.75, 3.05) is 26.2 Å². The van der Waals surface area contributed by atoms with Gasteiger partial charge in [0.15, 0.2) is 11.6 Å². The van der Waals surface area contributed by atoms with Gasteiger partial charge in [-0.25, -0.2) is 13.6 Å². The summed E-state index contributed by atoms with van der Waals surface area (Å²) in [7, 11) is 0. The quantitative estimate of drug-likeness (QED) is 0.655. The van der Waals surface area contributed by atoms with E-state index in [1.807, 2.05) is 18.3 Å². The molecule has 33 heavy (non-hydrogen) atoms. The monoisotopic (exact) mass is 456 g/mol. The van der Waals surface area contributed by atoms with E-state index in [-0.39, 0.29) is 12.3 Å². The molecule has 0 aliphatic carbocycles. The average Bonchev–Trinajstić information content (AvgIpc) is 2.84. The zero-order chi connectivity index (χ0) is 23.2. The lowest BCUT2D eigenvalue weighted by Gasteiger charge is -2.34. The summed E-state index contributed by atoms with van der Waals surface area (Å²) in [6.45, 7) is 3.32. The van der Waals surface area contributed by atoms with E-state index in [1.165, 1.54) is 11.0 Å². The molecular weight excluding hydrogens is 426 g/mol. The lowest BCUT2D eigenvalue weighted by atomic mass is 9.93. The van der Waals surface area contributed by atoms with Crippen molar-refractivity contribution in [2.45, 2.75) is 50.5 Å². The number of nitrogens with zero attached hydrogens (tertiary/aromatic N) is 3. The molecule has 1 N–H and O–H groups in total. The van der Waals surface area contributed by atoms with Crippen molar-refractivity contribution in [2.24, 2.45) is 0 Å². The Kier molecular flexibility index (Phi) is 7.65. The van der Waals surface area contributed by atoms with Crippen molar-refractivity contribution < 1.29 is 18.4 Å². The van der Waals surface area contributed by atoms with Gasteiger partial charge in [0.1, 0.15) is 0 Å². The number of pyridine rings is 1. The number of urea groups is 1. The molecule has 3 amide bonds. The smallest absolute Gasteiger partial charge is 0.324 e. The summed E-state index contributed by atoms with van der Waals surface area (Å²) in [4.78, 5) is 33.3. The largest absolute Gasteiger partial charge is 0.338 e. The number of piperidine rings is 2. The molecule has 2 saturated heterocycles. The molecule has 2 aromatic rings. The summed E-state index contributed by atoms with van der Waals surface area (Å²) in [5.41, 5.74) is 1.60. The fraction of sp³-hybridized carbons (Fsp3) is 0.480. The van der Waals surface area contributed by atoms with Gasteiger partial charge in [-0.15, -0.1) is 0 Å². The van der Waals surface area contributed by atoms with Gasteiger partial charge >= 0.3 is 6.03 Å². The number of amides is 3. The molecule has 0 spiro atoms. The van der Waals surface area contributed by atoms with Gasteiger partial charge < -0.3 is 10.2 Å². The normalized spacial score (nSPS) is 20.1. The molecular formula is C25H30F2N4O2. The number of halogens is 2. The number of imide groups is 1. The van der Waals surface area contributed by atoms with Crippen molar-refractivity contribution in [3.8, 4) is 0 Å². The first-order valence-corrected chi connectivity index (χ1v) is 11.7. The Balaban J connectivity index is 1.24. The van der Waals surface area contributed by atoms with Crippen LogP contribution in [0.25, 0.3) is 0 Å². The maximum atomic E-state index is 13.7. The van der Waals surface area contributed by atoms with Gasteiger partial charge in [-0.1, -0.05) is 12.1 Å². The Bertz CT molecular complexity index is 964. The van der Waals surface area contributed by atoms with Crippen LogP contribution in [0.5, 0.6) is 0 Å². The molecule has 0 saturated carbocycles. The van der Waals surface area contributed by atoms with Crippen LogP contribution in [0.2, 0.25) is 0 Å². The minimum atomic E-state index is -0.974. The Morgan fingerprint density at radius 1 is 1.09 bits per heavy atom. The highest BCUT2D eigenvalue weighted by molar-refractivity contribution is 5.95. The number of aromatic nitrogens is 1. The van der Waals surface area contributed by atoms with Crippen LogP contribution in [0.1, 0.15) is 61.7 Å². The number of benzene rings is 1. The minimum Gasteiger partial charge on any atom is -0.338 e. The fourth-order valence-electron chi connectivity index (χ4n) is 4.81. The molecule has 6 nitrogen and oxygen atoms in total. The predicted octanol–water partition coefficient (Wildman–Crippen LogP) is 4.39. The predicted molar refractivity (Wildman–Crippen MR) is 120 cm³/mol. The van der Waals surface area contributed by atoms with Gasteiger partial charge in [-0.05, 0) is 81.6 Å². The van der Waals surface area contributed by atoms with Gasteiger partial charge in [-0.3, -0.25) is 14.7 Å². The molecule has 1 unspecified atom stereocenters. The minimum absolute atomic E-state index is 0.277. The Hall–Kier alpha value is -2.87. The number of carbonyl (C=O) groups excluding carboxylic acids is 2. The second kappa shape index (κ2) is 10.8. The lowest BCUT2D eigenvalue weighted by molar-refractivity contribution is -0.132. The third kappa shape index (κ3) is 5.74. The molecule has 176 valence electrons. The van der Waals surface area contributed by atoms with E-state index in [0.29, 0.717) is 30.9 Å². The maximum absolute atomic E-state index is 13.7. The Labute approximate surface area is 193 Å². The number of rotatable bonds is 6. The first-order valence-electron chi connectivity index (χ1n) is 11.7. The van der Waals surface area contributed by atoms with E-state index < -0.39 is 23.7 Å². The Morgan fingerprint density at radius 2 is 1.91 bits per heavy atom. The molecule has 0 bridgehead atoms. The van der Waals surface area contributed by atoms with Crippen LogP contribution >= 0.6 is 0 Å². The topological polar surface area (TPSA) is 65.5 Å². The van der Waals surface area contributed by atoms with Crippen LogP contribution in [0, 0.1) is 11.6 Å². The van der Waals surface area contributed by atoms with Crippen LogP contribution < -0.4 is 5.32 Å². The number of nitrogens with one attached hydrogen (secondary N) is 1. The molecule has 2 aliphatic heterocycles. The third-order valence-electron chi connectivity index (χ3n) is 6.62. The number of carbonyl (C=O) groups is 2. The van der Waals surface area contributed by atoms with E-state index in [9.17, 15) is 18.4 Å². The highest BCUT2D eigenvalue weighted by atomic mass is 19.2. The van der Waals surface area contributed by atoms with Crippen molar-refractivity contribution in [1.82, 2.24) is 20.1 Å². The average molecular weight is 457 g/mol. The summed E-state index contributed by atoms with van der Waals surface area (Å²) in [5, 5.41) is 2.84. The van der Waals surface area contributed by atoms with Gasteiger partial charge in [0.25, 0.3) is 0 Å². The van der Waals surface area contributed by atoms with Gasteiger partial charge in [0, 0.05) is 30.8 Å². The number of likely N-dealkylation sites (tertiary alicyclic amines) is 2. The second-order valence-corrected chi connectivity index (χ2v) is 8.80. The third-order valence-corrected chi connectivity index (χ3v) is 6.62. The molecule has 4 rings (SSSR count). The molecule has 2 fully saturated rings. The fourth-order valence-corrected chi connectivity index (χ4v) is 4.81. The van der Waals surface area contributed by atoms with E-state index in [4.69, 9.17) is 0 Å². The molecule has 1 aromatic carbocycles. The summed E-state index contributed by atoms with van der Waals surface area (Å²) in [5.74, 6) is -1.70. The van der Waals surface area contributed by atoms with Crippen LogP contribution in [-0.4, -0.2) is 52.9 Å². The molecule has 1 aromatic heterocycles. The molecule has 2 aliphatic rings. The summed E-state index contributed by atoms with van der Waals surface area (Å²) in [6.07, 6.45) is 6.19. The standard InChI is InChI=1S/C25H30F2N4O2/c26-20-9-8-19(17-21(20)27)23-6-3-7-24(32)31(23)25(33)29-13-4-14-30-15-10-18(11-16-30)22-5-1-2-12-28-22/h1-2,5,8-9,12,17-18,23H,3-4,6-7,10-11,13-16H2,(H,29,33). The maximum Gasteiger partial charge on any atom is 0.324 e. The van der Waals surface area contributed by atoms with Crippen LogP contribution in [0.15, 0.2) is 42.6 Å². The van der Waals surface area contributed by atoms with Gasteiger partial charge in [0.05, 0.1) is 6.04 Å². The van der Waals surface area contributed by atoms with E-state index in [2.05, 4.69) is 21.3 Å². The molecule has 3 heterocycles. The molecule has 8 heteroatoms. The van der Waals surface area contributed by atoms with Crippen molar-refractivity contribution in [3.05, 3.63) is 65.5 Å². The van der Waals surface area contributed by atoms with Crippen LogP contribution in [0.3, 0.4) is 0 Å². The Morgan fingerprint density at radius 3 is 2.64 bits per heavy atom. The molecule has 0 radical (unpaired) electrons. The first-order chi connectivity index (χ1) is 16.0. The van der Waals surface area contributed by atoms with Crippen molar-refractivity contribution in [1.29, 1.82) is 0 Å². The summed E-state index contributed by atoms with van der Waals surface area (Å²) >= 11 is 0. The second-order valence-electron chi connectivity index (χ2n) is 8.80. The van der Waals surface area contributed by atoms with Crippen LogP contribution in [0.4, 0.5) is 13.6 Å². The van der Waals surface area contributed by atoms with E-state index >= 15 is 0 Å². The summed E-state index contributed by atoms with van der Waals surface area (Å²) < 4.78 is 27.0. The van der Waals surface area contributed by atoms with E-state index in [1.54, 1.807) is 0 Å². The zero-order valence-electron chi connectivity index (χ0n) is 18.7. The number of hydrogen-bond acceptors (Lipinski definition) is 4. The zero-order valence-corrected chi connectivity index (χ0v) is 18.7. The summed E-state index contributed by atoms with van der Waals surface area (Å²) in [6, 6.07) is 8.56.